The maximum atomic E-state index is 13.1. The van der Waals surface area contributed by atoms with E-state index in [1.807, 2.05) is 0 Å². The van der Waals surface area contributed by atoms with E-state index in [0.29, 0.717) is 6.04 Å². The average Bonchev–Trinajstić information content (AvgIpc) is 2.64. The zero-order valence-electron chi connectivity index (χ0n) is 11.1. The summed E-state index contributed by atoms with van der Waals surface area (Å²) in [4.78, 5) is 7.55. The topological polar surface area (TPSA) is 40.7 Å². The fourth-order valence-corrected chi connectivity index (χ4v) is 2.74. The molecule has 1 aromatic carbocycles. The van der Waals surface area contributed by atoms with E-state index >= 15 is 0 Å². The third-order valence-electron chi connectivity index (χ3n) is 4.75. The van der Waals surface area contributed by atoms with Gasteiger partial charge in [0.1, 0.15) is 5.82 Å². The minimum Gasteiger partial charge on any atom is -0.352 e. The highest BCUT2D eigenvalue weighted by molar-refractivity contribution is 5.77. The van der Waals surface area contributed by atoms with Gasteiger partial charge in [-0.2, -0.15) is 0 Å². The van der Waals surface area contributed by atoms with Gasteiger partial charge in [-0.05, 0) is 29.0 Å². The number of benzene rings is 1. The molecule has 2 aromatic rings. The summed E-state index contributed by atoms with van der Waals surface area (Å²) < 4.78 is 13.1. The van der Waals surface area contributed by atoms with Gasteiger partial charge in [-0.25, -0.2) is 9.37 Å². The molecular weight excluding hydrogens is 229 g/mol. The van der Waals surface area contributed by atoms with Crippen LogP contribution in [-0.2, 0) is 0 Å². The van der Waals surface area contributed by atoms with Crippen LogP contribution in [0.1, 0.15) is 27.7 Å². The Morgan fingerprint density at radius 3 is 2.50 bits per heavy atom. The smallest absolute Gasteiger partial charge is 0.201 e. The van der Waals surface area contributed by atoms with Gasteiger partial charge >= 0.3 is 0 Å². The Balaban J connectivity index is 1.89. The first-order chi connectivity index (χ1) is 8.32. The third-order valence-corrected chi connectivity index (χ3v) is 4.75. The quantitative estimate of drug-likeness (QED) is 0.852. The normalized spacial score (nSPS) is 21.2. The fraction of sp³-hybridized carbons (Fsp3) is 0.500. The molecule has 1 heterocycles. The van der Waals surface area contributed by atoms with Crippen LogP contribution in [0.2, 0.25) is 0 Å². The molecule has 0 radical (unpaired) electrons. The van der Waals surface area contributed by atoms with Crippen LogP contribution in [0.3, 0.4) is 0 Å². The van der Waals surface area contributed by atoms with Crippen molar-refractivity contribution >= 4 is 17.0 Å². The van der Waals surface area contributed by atoms with E-state index in [1.165, 1.54) is 12.1 Å². The van der Waals surface area contributed by atoms with Crippen molar-refractivity contribution in [1.82, 2.24) is 9.97 Å². The summed E-state index contributed by atoms with van der Waals surface area (Å²) in [6, 6.07) is 4.97. The second-order valence-corrected chi connectivity index (χ2v) is 6.27. The van der Waals surface area contributed by atoms with Gasteiger partial charge in [-0.1, -0.05) is 27.7 Å². The van der Waals surface area contributed by atoms with Crippen molar-refractivity contribution in [3.05, 3.63) is 24.0 Å². The highest BCUT2D eigenvalue weighted by Crippen LogP contribution is 2.63. The van der Waals surface area contributed by atoms with Crippen LogP contribution >= 0.6 is 0 Å². The van der Waals surface area contributed by atoms with E-state index in [4.69, 9.17) is 0 Å². The van der Waals surface area contributed by atoms with E-state index in [9.17, 15) is 4.39 Å². The predicted octanol–water partition coefficient (Wildman–Crippen LogP) is 3.55. The number of anilines is 1. The van der Waals surface area contributed by atoms with Crippen LogP contribution in [0.25, 0.3) is 11.0 Å². The summed E-state index contributed by atoms with van der Waals surface area (Å²) in [6.45, 7) is 8.97. The zero-order valence-corrected chi connectivity index (χ0v) is 11.1. The molecule has 3 rings (SSSR count). The van der Waals surface area contributed by atoms with Crippen molar-refractivity contribution in [3.8, 4) is 0 Å². The molecule has 0 saturated heterocycles. The molecule has 3 nitrogen and oxygen atoms in total. The lowest BCUT2D eigenvalue weighted by Gasteiger charge is -2.03. The largest absolute Gasteiger partial charge is 0.352 e. The molecule has 0 atom stereocenters. The van der Waals surface area contributed by atoms with Crippen molar-refractivity contribution in [3.63, 3.8) is 0 Å². The number of aromatic amines is 1. The summed E-state index contributed by atoms with van der Waals surface area (Å²) in [7, 11) is 0. The van der Waals surface area contributed by atoms with Gasteiger partial charge in [0, 0.05) is 6.04 Å². The van der Waals surface area contributed by atoms with Crippen LogP contribution in [0.15, 0.2) is 18.2 Å². The van der Waals surface area contributed by atoms with Crippen LogP contribution in [-0.4, -0.2) is 16.0 Å². The van der Waals surface area contributed by atoms with Gasteiger partial charge in [0.05, 0.1) is 11.0 Å². The number of hydrogen-bond donors (Lipinski definition) is 2. The number of H-pyrrole nitrogens is 1. The predicted molar refractivity (Wildman–Crippen MR) is 71.0 cm³/mol. The first-order valence-corrected chi connectivity index (χ1v) is 6.24. The molecule has 1 aliphatic carbocycles. The molecular formula is C14H18FN3. The molecule has 0 spiro atoms. The van der Waals surface area contributed by atoms with E-state index in [-0.39, 0.29) is 16.6 Å². The number of halogens is 1. The van der Waals surface area contributed by atoms with Crippen LogP contribution < -0.4 is 5.32 Å². The minimum absolute atomic E-state index is 0.246. The van der Waals surface area contributed by atoms with Crippen LogP contribution in [0.5, 0.6) is 0 Å². The standard InChI is InChI=1S/C14H18FN3/c1-13(2)11(14(13,3)4)18-12-16-9-6-5-8(15)7-10(9)17-12/h5-7,11H,1-4H3,(H2,16,17,18). The van der Waals surface area contributed by atoms with Gasteiger partial charge in [-0.3, -0.25) is 0 Å². The van der Waals surface area contributed by atoms with Crippen molar-refractivity contribution in [2.24, 2.45) is 10.8 Å². The van der Waals surface area contributed by atoms with Gasteiger partial charge in [0.25, 0.3) is 0 Å². The van der Waals surface area contributed by atoms with Gasteiger partial charge < -0.3 is 10.3 Å². The number of nitrogens with zero attached hydrogens (tertiary/aromatic N) is 1. The summed E-state index contributed by atoms with van der Waals surface area (Å²) in [5, 5.41) is 3.42. The summed E-state index contributed by atoms with van der Waals surface area (Å²) >= 11 is 0. The maximum Gasteiger partial charge on any atom is 0.201 e. The molecule has 0 amide bonds. The Morgan fingerprint density at radius 1 is 1.22 bits per heavy atom. The Hall–Kier alpha value is -1.58. The van der Waals surface area contributed by atoms with Crippen molar-refractivity contribution in [1.29, 1.82) is 0 Å². The lowest BCUT2D eigenvalue weighted by atomic mass is 10.0. The lowest BCUT2D eigenvalue weighted by Crippen LogP contribution is -2.10. The second kappa shape index (κ2) is 3.25. The molecule has 1 saturated carbocycles. The number of rotatable bonds is 2. The van der Waals surface area contributed by atoms with Gasteiger partial charge in [0.2, 0.25) is 5.95 Å². The van der Waals surface area contributed by atoms with Gasteiger partial charge in [-0.15, -0.1) is 0 Å². The lowest BCUT2D eigenvalue weighted by molar-refractivity contribution is 0.457. The highest BCUT2D eigenvalue weighted by atomic mass is 19.1. The first-order valence-electron chi connectivity index (χ1n) is 6.24. The maximum absolute atomic E-state index is 13.1. The summed E-state index contributed by atoms with van der Waals surface area (Å²) in [5.41, 5.74) is 2.01. The highest BCUT2D eigenvalue weighted by Gasteiger charge is 2.65. The molecule has 1 aromatic heterocycles. The molecule has 1 aliphatic rings. The number of fused-ring (bicyclic) bond motifs is 1. The van der Waals surface area contributed by atoms with E-state index in [2.05, 4.69) is 43.0 Å². The number of imidazole rings is 1. The Kier molecular flexibility index (Phi) is 2.08. The number of hydrogen-bond acceptors (Lipinski definition) is 2. The average molecular weight is 247 g/mol. The Labute approximate surface area is 106 Å². The molecule has 0 bridgehead atoms. The van der Waals surface area contributed by atoms with E-state index in [0.717, 1.165) is 17.0 Å². The number of nitrogens with one attached hydrogen (secondary N) is 2. The van der Waals surface area contributed by atoms with Crippen LogP contribution in [0.4, 0.5) is 10.3 Å². The molecule has 0 unspecified atom stereocenters. The van der Waals surface area contributed by atoms with Gasteiger partial charge in [0.15, 0.2) is 0 Å². The molecule has 18 heavy (non-hydrogen) atoms. The van der Waals surface area contributed by atoms with Crippen molar-refractivity contribution in [2.75, 3.05) is 5.32 Å². The van der Waals surface area contributed by atoms with Crippen LogP contribution in [0, 0.1) is 16.6 Å². The first kappa shape index (κ1) is 11.5. The number of aromatic nitrogens is 2. The van der Waals surface area contributed by atoms with E-state index < -0.39 is 0 Å². The zero-order chi connectivity index (χ0) is 13.1. The fourth-order valence-electron chi connectivity index (χ4n) is 2.74. The molecule has 96 valence electrons. The molecule has 1 fully saturated rings. The summed E-state index contributed by atoms with van der Waals surface area (Å²) in [5.74, 6) is 0.476. The molecule has 4 heteroatoms. The second-order valence-electron chi connectivity index (χ2n) is 6.27. The minimum atomic E-state index is -0.246. The Bertz CT molecular complexity index is 599. The van der Waals surface area contributed by atoms with Crippen molar-refractivity contribution < 1.29 is 4.39 Å². The Morgan fingerprint density at radius 2 is 1.89 bits per heavy atom. The third kappa shape index (κ3) is 1.44. The van der Waals surface area contributed by atoms with E-state index in [1.54, 1.807) is 6.07 Å². The monoisotopic (exact) mass is 247 g/mol. The van der Waals surface area contributed by atoms with Crippen molar-refractivity contribution in [2.45, 2.75) is 33.7 Å². The molecule has 2 N–H and O–H groups in total. The SMILES string of the molecule is CC1(C)C(Nc2nc3ccc(F)cc3[nH]2)C1(C)C. The molecule has 0 aliphatic heterocycles. The summed E-state index contributed by atoms with van der Waals surface area (Å²) in [6.07, 6.45) is 0.